The van der Waals surface area contributed by atoms with Gasteiger partial charge in [-0.1, -0.05) is 6.07 Å². The Bertz CT molecular complexity index is 580. The molecule has 0 amide bonds. The minimum atomic E-state index is -4.21. The molecule has 0 aliphatic carbocycles. The Hall–Kier alpha value is -2.00. The van der Waals surface area contributed by atoms with Gasteiger partial charge >= 0.3 is 5.97 Å². The first-order valence-electron chi connectivity index (χ1n) is 4.23. The zero-order chi connectivity index (χ0) is 13.2. The summed E-state index contributed by atoms with van der Waals surface area (Å²) in [6.07, 6.45) is -0.439. The Balaban J connectivity index is 3.37. The van der Waals surface area contributed by atoms with E-state index in [1.165, 1.54) is 6.07 Å². The smallest absolute Gasteiger partial charge is 0.307 e. The highest BCUT2D eigenvalue weighted by Crippen LogP contribution is 2.24. The van der Waals surface area contributed by atoms with Gasteiger partial charge in [0.25, 0.3) is 5.69 Å². The van der Waals surface area contributed by atoms with Gasteiger partial charge in [0, 0.05) is 6.07 Å². The van der Waals surface area contributed by atoms with Crippen LogP contribution in [0.3, 0.4) is 0 Å². The average molecular weight is 260 g/mol. The summed E-state index contributed by atoms with van der Waals surface area (Å²) in [6, 6.07) is 2.97. The highest BCUT2D eigenvalue weighted by Gasteiger charge is 2.23. The Morgan fingerprint density at radius 3 is 2.47 bits per heavy atom. The molecule has 9 heteroatoms. The molecule has 0 saturated heterocycles. The van der Waals surface area contributed by atoms with Gasteiger partial charge in [0.2, 0.25) is 10.0 Å². The fraction of sp³-hybridized carbons (Fsp3) is 0.125. The van der Waals surface area contributed by atoms with Gasteiger partial charge in [-0.25, -0.2) is 13.6 Å². The minimum Gasteiger partial charge on any atom is -0.481 e. The van der Waals surface area contributed by atoms with Crippen LogP contribution < -0.4 is 5.14 Å². The van der Waals surface area contributed by atoms with Crippen LogP contribution >= 0.6 is 0 Å². The number of nitrogens with zero attached hydrogens (tertiary/aromatic N) is 1. The van der Waals surface area contributed by atoms with E-state index in [0.29, 0.717) is 0 Å². The van der Waals surface area contributed by atoms with Crippen molar-refractivity contribution < 1.29 is 23.2 Å². The van der Waals surface area contributed by atoms with Crippen LogP contribution in [0.15, 0.2) is 23.1 Å². The van der Waals surface area contributed by atoms with Crippen LogP contribution in [-0.4, -0.2) is 24.4 Å². The Morgan fingerprint density at radius 2 is 2.06 bits per heavy atom. The monoisotopic (exact) mass is 260 g/mol. The van der Waals surface area contributed by atoms with E-state index in [4.69, 9.17) is 10.2 Å². The normalized spacial score (nSPS) is 11.1. The van der Waals surface area contributed by atoms with Crippen molar-refractivity contribution in [2.45, 2.75) is 11.3 Å². The quantitative estimate of drug-likeness (QED) is 0.570. The fourth-order valence-electron chi connectivity index (χ4n) is 1.23. The largest absolute Gasteiger partial charge is 0.481 e. The van der Waals surface area contributed by atoms with Gasteiger partial charge < -0.3 is 5.11 Å². The molecule has 1 aromatic rings. The molecule has 8 nitrogen and oxygen atoms in total. The lowest BCUT2D eigenvalue weighted by molar-refractivity contribution is -0.387. The molecule has 0 bridgehead atoms. The van der Waals surface area contributed by atoms with E-state index in [9.17, 15) is 23.3 Å². The van der Waals surface area contributed by atoms with Crippen LogP contribution in [0.2, 0.25) is 0 Å². The van der Waals surface area contributed by atoms with Crippen molar-refractivity contribution in [1.29, 1.82) is 0 Å². The molecule has 0 fully saturated rings. The van der Waals surface area contributed by atoms with E-state index in [-0.39, 0.29) is 5.56 Å². The van der Waals surface area contributed by atoms with E-state index in [2.05, 4.69) is 0 Å². The molecule has 92 valence electrons. The summed E-state index contributed by atoms with van der Waals surface area (Å²) in [7, 11) is -4.21. The number of carbonyl (C=O) groups is 1. The van der Waals surface area contributed by atoms with E-state index >= 15 is 0 Å². The van der Waals surface area contributed by atoms with Crippen LogP contribution in [0.5, 0.6) is 0 Å². The number of aliphatic carboxylic acids is 1. The van der Waals surface area contributed by atoms with E-state index < -0.39 is 37.9 Å². The first kappa shape index (κ1) is 13.1. The maximum atomic E-state index is 11.0. The number of hydrogen-bond donors (Lipinski definition) is 2. The van der Waals surface area contributed by atoms with Gasteiger partial charge in [-0.15, -0.1) is 0 Å². The van der Waals surface area contributed by atoms with E-state index in [1.807, 2.05) is 0 Å². The van der Waals surface area contributed by atoms with Gasteiger partial charge in [-0.3, -0.25) is 14.9 Å². The second-order valence-corrected chi connectivity index (χ2v) is 4.70. The summed E-state index contributed by atoms with van der Waals surface area (Å²) < 4.78 is 22.1. The van der Waals surface area contributed by atoms with E-state index in [0.717, 1.165) is 12.1 Å². The number of sulfonamides is 1. The number of carboxylic acid groups (broad SMARTS) is 1. The van der Waals surface area contributed by atoms with Crippen LogP contribution in [0.4, 0.5) is 5.69 Å². The maximum Gasteiger partial charge on any atom is 0.307 e. The number of rotatable bonds is 4. The predicted molar refractivity (Wildman–Crippen MR) is 55.8 cm³/mol. The molecule has 0 aromatic heterocycles. The third kappa shape index (κ3) is 3.23. The minimum absolute atomic E-state index is 0.122. The molecule has 17 heavy (non-hydrogen) atoms. The predicted octanol–water partition coefficient (Wildman–Crippen LogP) is -0.131. The lowest BCUT2D eigenvalue weighted by Crippen LogP contribution is -2.14. The summed E-state index contributed by atoms with van der Waals surface area (Å²) in [5.41, 5.74) is -0.608. The third-order valence-electron chi connectivity index (χ3n) is 1.88. The second-order valence-electron chi connectivity index (χ2n) is 3.17. The highest BCUT2D eigenvalue weighted by atomic mass is 32.2. The molecular weight excluding hydrogens is 252 g/mol. The molecule has 0 atom stereocenters. The summed E-state index contributed by atoms with van der Waals surface area (Å²) >= 11 is 0. The average Bonchev–Trinajstić information content (AvgIpc) is 2.14. The topological polar surface area (TPSA) is 141 Å². The van der Waals surface area contributed by atoms with Crippen LogP contribution in [0.25, 0.3) is 0 Å². The SMILES string of the molecule is NS(=O)(=O)c1ccc(CC(=O)O)cc1[N+](=O)[O-]. The molecule has 1 aromatic carbocycles. The number of nitro groups is 1. The highest BCUT2D eigenvalue weighted by molar-refractivity contribution is 7.89. The Morgan fingerprint density at radius 1 is 1.47 bits per heavy atom. The molecule has 0 aliphatic rings. The molecule has 3 N–H and O–H groups in total. The Kier molecular flexibility index (Phi) is 3.44. The maximum absolute atomic E-state index is 11.0. The van der Waals surface area contributed by atoms with Crippen molar-refractivity contribution in [2.24, 2.45) is 5.14 Å². The summed E-state index contributed by atoms with van der Waals surface area (Å²) in [6.45, 7) is 0. The molecule has 0 aliphatic heterocycles. The lowest BCUT2D eigenvalue weighted by atomic mass is 10.1. The van der Waals surface area contributed by atoms with Gasteiger partial charge in [-0.05, 0) is 11.6 Å². The van der Waals surface area contributed by atoms with Crippen molar-refractivity contribution >= 4 is 21.7 Å². The van der Waals surface area contributed by atoms with E-state index in [1.54, 1.807) is 0 Å². The standard InChI is InChI=1S/C8H8N2O6S/c9-17(15,16)7-2-1-5(4-8(11)12)3-6(7)10(13)14/h1-3H,4H2,(H,11,12)(H2,9,15,16). The molecular formula is C8H8N2O6S. The first-order valence-corrected chi connectivity index (χ1v) is 5.78. The molecule has 0 saturated carbocycles. The molecule has 0 heterocycles. The van der Waals surface area contributed by atoms with Gasteiger partial charge in [0.05, 0.1) is 11.3 Å². The Labute approximate surface area is 95.9 Å². The van der Waals surface area contributed by atoms with Gasteiger partial charge in [0.1, 0.15) is 0 Å². The van der Waals surface area contributed by atoms with Gasteiger partial charge in [-0.2, -0.15) is 0 Å². The number of benzene rings is 1. The summed E-state index contributed by atoms with van der Waals surface area (Å²) in [4.78, 5) is 19.5. The number of carboxylic acids is 1. The summed E-state index contributed by atoms with van der Waals surface area (Å²) in [5, 5.41) is 24.0. The molecule has 1 rings (SSSR count). The van der Waals surface area contributed by atoms with Crippen molar-refractivity contribution in [1.82, 2.24) is 0 Å². The number of hydrogen-bond acceptors (Lipinski definition) is 5. The lowest BCUT2D eigenvalue weighted by Gasteiger charge is -2.02. The van der Waals surface area contributed by atoms with Gasteiger partial charge in [0.15, 0.2) is 4.90 Å². The summed E-state index contributed by atoms with van der Waals surface area (Å²) in [5.74, 6) is -1.18. The number of nitro benzene ring substituents is 1. The number of primary sulfonamides is 1. The first-order chi connectivity index (χ1) is 7.71. The van der Waals surface area contributed by atoms with Crippen molar-refractivity contribution in [3.63, 3.8) is 0 Å². The molecule has 0 radical (unpaired) electrons. The van der Waals surface area contributed by atoms with Crippen molar-refractivity contribution in [2.75, 3.05) is 0 Å². The van der Waals surface area contributed by atoms with Crippen LogP contribution in [-0.2, 0) is 21.2 Å². The van der Waals surface area contributed by atoms with Crippen molar-refractivity contribution in [3.8, 4) is 0 Å². The second kappa shape index (κ2) is 4.47. The molecule has 0 unspecified atom stereocenters. The fourth-order valence-corrected chi connectivity index (χ4v) is 1.91. The zero-order valence-corrected chi connectivity index (χ0v) is 9.18. The third-order valence-corrected chi connectivity index (χ3v) is 2.84. The zero-order valence-electron chi connectivity index (χ0n) is 8.36. The number of nitrogens with two attached hydrogens (primary N) is 1. The molecule has 0 spiro atoms. The van der Waals surface area contributed by atoms with Crippen LogP contribution in [0.1, 0.15) is 5.56 Å². The van der Waals surface area contributed by atoms with Crippen LogP contribution in [0, 0.1) is 10.1 Å². The van der Waals surface area contributed by atoms with Crippen molar-refractivity contribution in [3.05, 3.63) is 33.9 Å².